The first-order valence-corrected chi connectivity index (χ1v) is 22.1. The lowest BCUT2D eigenvalue weighted by molar-refractivity contribution is -0.123. The molecule has 1 aliphatic heterocycles. The molecule has 0 atom stereocenters. The maximum absolute atomic E-state index is 13.4. The Balaban J connectivity index is 0.677. The SMILES string of the molecule is Cc1nc2c(ccc3c(=O)cc(-c4ccc(N(C)CCOCCOCCOCCOCCOCCn5nnc6c5-c5ccccc5CN(C(=O)CCC(N)=O)c5ccccc5-6)cc4)oc32)[nH]1. The lowest BCUT2D eigenvalue weighted by Crippen LogP contribution is -2.32. The average Bonchev–Trinajstić information content (AvgIpc) is 3.93. The maximum Gasteiger partial charge on any atom is 0.227 e. The second kappa shape index (κ2) is 21.9. The summed E-state index contributed by atoms with van der Waals surface area (Å²) in [6.45, 7) is 7.85. The van der Waals surface area contributed by atoms with Crippen molar-refractivity contribution in [2.75, 3.05) is 89.5 Å². The molecule has 0 unspecified atom stereocenters. The highest BCUT2D eigenvalue weighted by atomic mass is 16.6. The summed E-state index contributed by atoms with van der Waals surface area (Å²) in [5.41, 5.74) is 13.9. The number of H-pyrrole nitrogens is 1. The number of fused-ring (bicyclic) bond motifs is 8. The van der Waals surface area contributed by atoms with Crippen LogP contribution in [0.5, 0.6) is 0 Å². The van der Waals surface area contributed by atoms with Gasteiger partial charge in [-0.05, 0) is 55.0 Å². The number of carbonyl (C=O) groups excluding carboxylic acids is 2. The second-order valence-corrected chi connectivity index (χ2v) is 15.8. The van der Waals surface area contributed by atoms with Crippen LogP contribution in [0.3, 0.4) is 0 Å². The summed E-state index contributed by atoms with van der Waals surface area (Å²) in [7, 11) is 2.00. The fraction of sp³-hybridized carbons (Fsp3) is 0.347. The summed E-state index contributed by atoms with van der Waals surface area (Å²) < 4.78 is 36.7. The van der Waals surface area contributed by atoms with Crippen molar-refractivity contribution in [1.82, 2.24) is 25.0 Å². The van der Waals surface area contributed by atoms with Crippen molar-refractivity contribution in [2.45, 2.75) is 32.9 Å². The van der Waals surface area contributed by atoms with Gasteiger partial charge in [-0.25, -0.2) is 9.67 Å². The molecule has 0 fully saturated rings. The number of aryl methyl sites for hydroxylation is 1. The number of nitrogens with one attached hydrogen (secondary N) is 1. The number of nitrogens with zero attached hydrogens (tertiary/aromatic N) is 6. The number of para-hydroxylation sites is 1. The van der Waals surface area contributed by atoms with E-state index in [1.807, 2.05) is 97.5 Å². The summed E-state index contributed by atoms with van der Waals surface area (Å²) in [5, 5.41) is 9.58. The molecule has 0 aliphatic carbocycles. The number of nitrogens with two attached hydrogens (primary N) is 1. The Kier molecular flexibility index (Phi) is 15.2. The van der Waals surface area contributed by atoms with Crippen molar-refractivity contribution in [1.29, 1.82) is 0 Å². The molecule has 0 radical (unpaired) electrons. The molecule has 344 valence electrons. The van der Waals surface area contributed by atoms with E-state index in [4.69, 9.17) is 33.8 Å². The first-order chi connectivity index (χ1) is 32.2. The van der Waals surface area contributed by atoms with Crippen molar-refractivity contribution in [3.05, 3.63) is 113 Å². The maximum atomic E-state index is 13.4. The summed E-state index contributed by atoms with van der Waals surface area (Å²) >= 11 is 0. The Morgan fingerprint density at radius 3 is 2.15 bits per heavy atom. The van der Waals surface area contributed by atoms with Crippen LogP contribution in [0.15, 0.2) is 100 Å². The first-order valence-electron chi connectivity index (χ1n) is 22.1. The fourth-order valence-electron chi connectivity index (χ4n) is 7.85. The van der Waals surface area contributed by atoms with Gasteiger partial charge in [-0.1, -0.05) is 47.7 Å². The lowest BCUT2D eigenvalue weighted by Gasteiger charge is -2.28. The highest BCUT2D eigenvalue weighted by Gasteiger charge is 2.29. The summed E-state index contributed by atoms with van der Waals surface area (Å²) in [5.74, 6) is 0.547. The fourth-order valence-corrected chi connectivity index (χ4v) is 7.85. The van der Waals surface area contributed by atoms with Gasteiger partial charge < -0.3 is 48.6 Å². The highest BCUT2D eigenvalue weighted by Crippen LogP contribution is 2.41. The van der Waals surface area contributed by atoms with Crippen LogP contribution in [0.1, 0.15) is 24.2 Å². The second-order valence-electron chi connectivity index (χ2n) is 15.8. The number of benzene rings is 4. The number of carbonyl (C=O) groups is 2. The number of imidazole rings is 1. The van der Waals surface area contributed by atoms with Crippen molar-refractivity contribution in [2.24, 2.45) is 5.73 Å². The molecule has 7 aromatic rings. The Morgan fingerprint density at radius 1 is 0.788 bits per heavy atom. The molecule has 4 heterocycles. The van der Waals surface area contributed by atoms with Crippen LogP contribution in [0, 0.1) is 6.92 Å². The summed E-state index contributed by atoms with van der Waals surface area (Å²) in [6.07, 6.45) is -0.00670. The third-order valence-corrected chi connectivity index (χ3v) is 11.2. The number of ether oxygens (including phenoxy) is 5. The Bertz CT molecular complexity index is 2820. The number of hydrogen-bond acceptors (Lipinski definition) is 13. The first kappa shape index (κ1) is 45.8. The van der Waals surface area contributed by atoms with Gasteiger partial charge in [-0.2, -0.15) is 0 Å². The molecule has 0 bridgehead atoms. The van der Waals surface area contributed by atoms with E-state index in [1.54, 1.807) is 11.0 Å². The highest BCUT2D eigenvalue weighted by molar-refractivity contribution is 6.02. The Labute approximate surface area is 381 Å². The lowest BCUT2D eigenvalue weighted by atomic mass is 9.95. The van der Waals surface area contributed by atoms with Gasteiger partial charge in [-0.15, -0.1) is 5.10 Å². The molecule has 4 aromatic carbocycles. The number of rotatable bonds is 23. The molecular formula is C49H54N8O9. The van der Waals surface area contributed by atoms with Crippen molar-refractivity contribution in [3.8, 4) is 33.8 Å². The van der Waals surface area contributed by atoms with Crippen molar-refractivity contribution >= 4 is 45.2 Å². The van der Waals surface area contributed by atoms with Gasteiger partial charge in [0.25, 0.3) is 0 Å². The normalized spacial score (nSPS) is 12.2. The van der Waals surface area contributed by atoms with E-state index in [-0.39, 0.29) is 24.2 Å². The average molecular weight is 899 g/mol. The van der Waals surface area contributed by atoms with Crippen LogP contribution in [0.2, 0.25) is 0 Å². The van der Waals surface area contributed by atoms with Crippen molar-refractivity contribution in [3.63, 3.8) is 0 Å². The number of likely N-dealkylation sites (N-methyl/N-ethyl adjacent to an activating group) is 1. The molecule has 3 aromatic heterocycles. The number of aromatic amines is 1. The van der Waals surface area contributed by atoms with E-state index in [0.29, 0.717) is 119 Å². The monoisotopic (exact) mass is 898 g/mol. The zero-order valence-electron chi connectivity index (χ0n) is 37.2. The molecule has 3 N–H and O–H groups in total. The van der Waals surface area contributed by atoms with E-state index >= 15 is 0 Å². The van der Waals surface area contributed by atoms with E-state index in [2.05, 4.69) is 25.2 Å². The van der Waals surface area contributed by atoms with Gasteiger partial charge >= 0.3 is 0 Å². The van der Waals surface area contributed by atoms with E-state index < -0.39 is 5.91 Å². The molecule has 0 saturated carbocycles. The number of anilines is 2. The van der Waals surface area contributed by atoms with E-state index in [9.17, 15) is 14.4 Å². The standard InChI is InChI=1S/C49H54N8O9/c1-33-51-40-16-15-39-42(58)31-43(66-49(39)47(40)52-33)34-11-13-36(14-12-34)55(2)19-21-61-23-25-63-27-29-65-30-28-64-26-24-62-22-20-57-48-37-8-4-3-7-35(37)32-56(45(60)18-17-44(50)59)41-10-6-5-9-38(41)46(48)53-54-57/h3-16,31H,17-30,32H2,1-2H3,(H2,50,59)(H,51,52). The van der Waals surface area contributed by atoms with Crippen LogP contribution >= 0.6 is 0 Å². The molecule has 0 spiro atoms. The van der Waals surface area contributed by atoms with Gasteiger partial charge in [0.05, 0.1) is 101 Å². The molecule has 2 amide bonds. The smallest absolute Gasteiger partial charge is 0.227 e. The van der Waals surface area contributed by atoms with Crippen LogP contribution in [0.25, 0.3) is 55.8 Å². The van der Waals surface area contributed by atoms with Gasteiger partial charge in [0.2, 0.25) is 11.8 Å². The molecular weight excluding hydrogens is 845 g/mol. The largest absolute Gasteiger partial charge is 0.453 e. The van der Waals surface area contributed by atoms with Gasteiger partial charge in [0, 0.05) is 54.9 Å². The minimum atomic E-state index is -0.516. The molecule has 66 heavy (non-hydrogen) atoms. The van der Waals surface area contributed by atoms with E-state index in [1.165, 1.54) is 6.07 Å². The van der Waals surface area contributed by atoms with Crippen LogP contribution < -0.4 is 21.0 Å². The predicted octanol–water partition coefficient (Wildman–Crippen LogP) is 5.90. The number of hydrogen-bond donors (Lipinski definition) is 2. The Hall–Kier alpha value is -6.76. The van der Waals surface area contributed by atoms with Crippen LogP contribution in [-0.4, -0.2) is 116 Å². The number of primary amides is 1. The minimum absolute atomic E-state index is 0.0167. The molecule has 17 heteroatoms. The molecule has 8 rings (SSSR count). The van der Waals surface area contributed by atoms with Crippen LogP contribution in [0.4, 0.5) is 11.4 Å². The van der Waals surface area contributed by atoms with E-state index in [0.717, 1.165) is 45.0 Å². The zero-order chi connectivity index (χ0) is 45.8. The van der Waals surface area contributed by atoms with Gasteiger partial charge in [-0.3, -0.25) is 14.4 Å². The van der Waals surface area contributed by atoms with Gasteiger partial charge in [0.15, 0.2) is 11.0 Å². The molecule has 17 nitrogen and oxygen atoms in total. The summed E-state index contributed by atoms with van der Waals surface area (Å²) in [4.78, 5) is 49.3. The topological polar surface area (TPSA) is 202 Å². The summed E-state index contributed by atoms with van der Waals surface area (Å²) in [6, 6.07) is 28.5. The molecule has 1 aliphatic rings. The number of aromatic nitrogens is 5. The quantitative estimate of drug-likeness (QED) is 0.0720. The number of amides is 2. The van der Waals surface area contributed by atoms with Gasteiger partial charge in [0.1, 0.15) is 22.8 Å². The third-order valence-electron chi connectivity index (χ3n) is 11.2. The predicted molar refractivity (Wildman–Crippen MR) is 250 cm³/mol. The van der Waals surface area contributed by atoms with Crippen molar-refractivity contribution < 1.29 is 37.7 Å². The third kappa shape index (κ3) is 11.0. The zero-order valence-corrected chi connectivity index (χ0v) is 37.2. The Morgan fingerprint density at radius 2 is 1.44 bits per heavy atom. The van der Waals surface area contributed by atoms with Crippen LogP contribution in [-0.2, 0) is 46.4 Å². The molecule has 0 saturated heterocycles. The minimum Gasteiger partial charge on any atom is -0.453 e.